The van der Waals surface area contributed by atoms with Crippen LogP contribution in [0.4, 0.5) is 0 Å². The van der Waals surface area contributed by atoms with E-state index < -0.39 is 0 Å². The van der Waals surface area contributed by atoms with Gasteiger partial charge in [-0.2, -0.15) is 0 Å². The van der Waals surface area contributed by atoms with Gasteiger partial charge in [-0.1, -0.05) is 489 Å². The Hall–Kier alpha value is -7.65. The molecule has 143 heavy (non-hydrogen) atoms. The van der Waals surface area contributed by atoms with Gasteiger partial charge in [0.2, 0.25) is 0 Å². The lowest BCUT2D eigenvalue weighted by atomic mass is 9.54. The van der Waals surface area contributed by atoms with E-state index in [1.165, 1.54) is 334 Å². The van der Waals surface area contributed by atoms with Gasteiger partial charge in [-0.05, 0) is 362 Å². The maximum Gasteiger partial charge on any atom is 0.122 e. The molecule has 10 aromatic rings. The van der Waals surface area contributed by atoms with Crippen molar-refractivity contribution in [2.24, 2.45) is 43.3 Å². The van der Waals surface area contributed by atoms with Crippen LogP contribution in [0, 0.1) is 84.9 Å². The molecule has 0 spiro atoms. The van der Waals surface area contributed by atoms with Crippen LogP contribution in [0.3, 0.4) is 0 Å². The molecule has 0 heterocycles. The molecule has 0 bridgehead atoms. The highest BCUT2D eigenvalue weighted by molar-refractivity contribution is 7.99. The summed E-state index contributed by atoms with van der Waals surface area (Å²) in [5.41, 5.74) is 25.6. The largest absolute Gasteiger partial charge is 0.493 e. The average molecular weight is 1950 g/mol. The third-order valence-electron chi connectivity index (χ3n) is 40.9. The zero-order valence-electron chi connectivity index (χ0n) is 95.6. The van der Waals surface area contributed by atoms with E-state index >= 15 is 0 Å². The highest BCUT2D eigenvalue weighted by Gasteiger charge is 2.51. The number of ether oxygens (including phenoxy) is 1. The van der Waals surface area contributed by atoms with Crippen LogP contribution in [0.5, 0.6) is 5.75 Å². The number of hydrogen-bond donors (Lipinski definition) is 0. The van der Waals surface area contributed by atoms with Crippen molar-refractivity contribution in [2.45, 2.75) is 467 Å². The van der Waals surface area contributed by atoms with E-state index in [9.17, 15) is 0 Å². The molecule has 5 atom stereocenters. The molecule has 0 N–H and O–H groups in total. The Labute approximate surface area is 883 Å². The van der Waals surface area contributed by atoms with Crippen molar-refractivity contribution < 1.29 is 4.74 Å². The van der Waals surface area contributed by atoms with E-state index in [1.807, 2.05) is 11.8 Å². The standard InChI is InChI=1S/C27H38.C25H34.C24H32O.C24H32S.C22H36.C19H30/c1-22-14-10-11-17-24(22)25(2,3)20-21-27(5,23-15-8-6-9-16-23)26(4)18-12-7-13-19-26;1-21-13-8-9-14-22(21)15-12-20-25(3,23-16-6-4-7-17-23)24(2)18-10-5-11-19-24;2*1-20-12-8-9-15-22(20)25-19-18-24(3,21-13-6-4-7-14-21)23(2)16-10-5-11-17-23;1-18-12-8-9-13-19(18)20(2,3)16-17-21(4,5)22(6)14-10-7-11-15-22;1-16-10-5-6-11-17(16)12-9-15-19(4)14-8-7-13-18(19,2)3/h6,8-11,14-17H,7,12-13,18-21H2,1-5H3;4,6-9,13-14,16-17H,5,10-12,15,18-20H2,1-3H3;2*4,6-9,12-15H,5,10-11,16-19H2,1-3H3;8-9,12-13H,7,10-11,14-17H2,1-6H3;5-6,10-11H,7-9,12-15H2,1-4H3/t27-;25-;2*24-;;19-/m1111.0/s1. The molecule has 0 saturated heterocycles. The lowest BCUT2D eigenvalue weighted by Gasteiger charge is -2.51. The minimum Gasteiger partial charge on any atom is -0.493 e. The molecule has 0 aliphatic heterocycles. The van der Waals surface area contributed by atoms with Crippen molar-refractivity contribution in [1.82, 2.24) is 0 Å². The Morgan fingerprint density at radius 2 is 0.552 bits per heavy atom. The number of hydrogen-bond acceptors (Lipinski definition) is 2. The third kappa shape index (κ3) is 29.7. The first kappa shape index (κ1) is 116. The molecule has 0 radical (unpaired) electrons. The van der Waals surface area contributed by atoms with Gasteiger partial charge < -0.3 is 4.74 Å². The van der Waals surface area contributed by atoms with Crippen molar-refractivity contribution in [3.05, 3.63) is 345 Å². The van der Waals surface area contributed by atoms with Crippen molar-refractivity contribution in [2.75, 3.05) is 12.4 Å². The minimum absolute atomic E-state index is 0.150. The van der Waals surface area contributed by atoms with Crippen molar-refractivity contribution >= 4 is 11.8 Å². The number of thioether (sulfide) groups is 1. The first-order valence-electron chi connectivity index (χ1n) is 57.9. The Kier molecular flexibility index (Phi) is 42.4. The molecule has 10 aromatic carbocycles. The summed E-state index contributed by atoms with van der Waals surface area (Å²) in [6.07, 6.45) is 55.5. The normalized spacial score (nSPS) is 20.2. The van der Waals surface area contributed by atoms with Crippen LogP contribution in [0.2, 0.25) is 0 Å². The summed E-state index contributed by atoms with van der Waals surface area (Å²) < 4.78 is 6.19. The van der Waals surface area contributed by atoms with Gasteiger partial charge in [0.1, 0.15) is 5.75 Å². The van der Waals surface area contributed by atoms with Crippen molar-refractivity contribution in [3.8, 4) is 5.75 Å². The zero-order valence-corrected chi connectivity index (χ0v) is 96.4. The third-order valence-corrected chi connectivity index (χ3v) is 42.1. The topological polar surface area (TPSA) is 9.23 Å². The van der Waals surface area contributed by atoms with E-state index in [-0.39, 0.29) is 32.5 Å². The van der Waals surface area contributed by atoms with Crippen LogP contribution in [-0.2, 0) is 45.3 Å². The summed E-state index contributed by atoms with van der Waals surface area (Å²) in [4.78, 5) is 1.44. The van der Waals surface area contributed by atoms with Crippen LogP contribution in [0.15, 0.2) is 272 Å². The predicted molar refractivity (Wildman–Crippen MR) is 628 cm³/mol. The highest BCUT2D eigenvalue weighted by Crippen LogP contribution is 2.60. The van der Waals surface area contributed by atoms with Gasteiger partial charge >= 0.3 is 0 Å². The maximum atomic E-state index is 6.19. The highest BCUT2D eigenvalue weighted by atomic mass is 32.2. The second-order valence-electron chi connectivity index (χ2n) is 51.6. The van der Waals surface area contributed by atoms with Crippen LogP contribution < -0.4 is 4.74 Å². The van der Waals surface area contributed by atoms with E-state index in [0.29, 0.717) is 43.3 Å². The van der Waals surface area contributed by atoms with Gasteiger partial charge in [0.15, 0.2) is 0 Å². The second-order valence-corrected chi connectivity index (χ2v) is 52.8. The SMILES string of the molecule is Cc1ccccc1C(C)(C)CCC(C)(C)C1(C)CCCCC1.Cc1ccccc1C(C)(C)CC[C@](C)(c1ccccc1)C1(C)CCCCC1.Cc1ccccc1CCC[C@](C)(c1ccccc1)C1(C)CCCCC1.Cc1ccccc1CCC[C@]1(C)CCCCC1(C)C.Cc1ccccc1OCC[C@](C)(c1ccccc1)C1(C)CCCCC1.Cc1ccccc1SCC[C@](C)(c1ccccc1)C1(C)CCCCC1. The molecule has 6 aliphatic rings. The van der Waals surface area contributed by atoms with E-state index in [1.54, 1.807) is 11.1 Å². The lowest BCUT2D eigenvalue weighted by molar-refractivity contribution is 0.0231. The fraction of sp³-hybridized carbons (Fsp3) is 0.574. The predicted octanol–water partition coefficient (Wildman–Crippen LogP) is 42.3. The molecule has 6 aliphatic carbocycles. The Morgan fingerprint density at radius 1 is 0.252 bits per heavy atom. The summed E-state index contributed by atoms with van der Waals surface area (Å²) in [6.45, 7) is 59.2. The summed E-state index contributed by atoms with van der Waals surface area (Å²) in [6, 6.07) is 97.8. The first-order chi connectivity index (χ1) is 68.1. The van der Waals surface area contributed by atoms with Gasteiger partial charge in [0, 0.05) is 10.3 Å². The van der Waals surface area contributed by atoms with E-state index in [2.05, 4.69) is 433 Å². The fourth-order valence-corrected chi connectivity index (χ4v) is 29.0. The number of aryl methyl sites for hydroxylation is 8. The molecule has 0 aromatic heterocycles. The van der Waals surface area contributed by atoms with Gasteiger partial charge in [-0.15, -0.1) is 11.8 Å². The molecule has 16 rings (SSSR count). The van der Waals surface area contributed by atoms with Crippen LogP contribution in [0.25, 0.3) is 0 Å². The molecule has 0 unspecified atom stereocenters. The minimum atomic E-state index is 0.150. The van der Waals surface area contributed by atoms with Crippen molar-refractivity contribution in [3.63, 3.8) is 0 Å². The lowest BCUT2D eigenvalue weighted by Crippen LogP contribution is -2.44. The molecule has 2 heteroatoms. The maximum absolute atomic E-state index is 6.19. The number of para-hydroxylation sites is 1. The second kappa shape index (κ2) is 52.5. The van der Waals surface area contributed by atoms with Crippen LogP contribution >= 0.6 is 11.8 Å². The summed E-state index contributed by atoms with van der Waals surface area (Å²) in [7, 11) is 0. The van der Waals surface area contributed by atoms with E-state index in [0.717, 1.165) is 18.8 Å². The Bertz CT molecular complexity index is 5070. The Balaban J connectivity index is 0.000000164. The van der Waals surface area contributed by atoms with Gasteiger partial charge in [0.05, 0.1) is 6.61 Å². The smallest absolute Gasteiger partial charge is 0.122 e. The zero-order chi connectivity index (χ0) is 103. The molecular formula is C141H202OS. The average Bonchev–Trinajstić information content (AvgIpc) is 0.743. The molecule has 6 saturated carbocycles. The summed E-state index contributed by atoms with van der Waals surface area (Å²) in [5.74, 6) is 2.21. The monoisotopic (exact) mass is 1940 g/mol. The summed E-state index contributed by atoms with van der Waals surface area (Å²) in [5, 5.41) is 0. The fourth-order valence-electron chi connectivity index (χ4n) is 27.8. The molecular weight excluding hydrogens is 1740 g/mol. The number of rotatable bonds is 33. The van der Waals surface area contributed by atoms with Crippen molar-refractivity contribution in [1.29, 1.82) is 0 Å². The Morgan fingerprint density at radius 3 is 0.930 bits per heavy atom. The quantitative estimate of drug-likeness (QED) is 0.0379. The van der Waals surface area contributed by atoms with Gasteiger partial charge in [0.25, 0.3) is 0 Å². The first-order valence-corrected chi connectivity index (χ1v) is 58.9. The molecule has 778 valence electrons. The number of benzene rings is 10. The van der Waals surface area contributed by atoms with E-state index in [4.69, 9.17) is 4.74 Å². The van der Waals surface area contributed by atoms with Gasteiger partial charge in [-0.3, -0.25) is 0 Å². The molecule has 1 nitrogen and oxygen atoms in total. The summed E-state index contributed by atoms with van der Waals surface area (Å²) >= 11 is 2.03. The molecule has 6 fully saturated rings. The van der Waals surface area contributed by atoms with Gasteiger partial charge in [-0.25, -0.2) is 0 Å². The van der Waals surface area contributed by atoms with Crippen LogP contribution in [-0.4, -0.2) is 12.4 Å². The van der Waals surface area contributed by atoms with Crippen LogP contribution in [0.1, 0.15) is 453 Å². The molecule has 0 amide bonds.